The summed E-state index contributed by atoms with van der Waals surface area (Å²) in [5, 5.41) is 0. The lowest BCUT2D eigenvalue weighted by atomic mass is 9.44. The third-order valence-corrected chi connectivity index (χ3v) is 8.52. The monoisotopic (exact) mass is 316 g/mol. The molecule has 0 N–H and O–H groups in total. The predicted molar refractivity (Wildman–Crippen MR) is 105 cm³/mol. The van der Waals surface area contributed by atoms with Crippen LogP contribution >= 0.6 is 0 Å². The Hall–Kier alpha value is -0.780. The minimum Gasteiger partial charge on any atom is -0.0683 e. The summed E-state index contributed by atoms with van der Waals surface area (Å²) in [5.74, 6) is 0. The van der Waals surface area contributed by atoms with Crippen LogP contribution in [0.2, 0.25) is 0 Å². The van der Waals surface area contributed by atoms with Gasteiger partial charge in [0.15, 0.2) is 0 Å². The highest BCUT2D eigenvalue weighted by atomic mass is 14.7. The summed E-state index contributed by atoms with van der Waals surface area (Å²) in [6.45, 7) is 28.6. The first-order chi connectivity index (χ1) is 10.2. The first-order valence-electron chi connectivity index (χ1n) is 9.33. The maximum absolute atomic E-state index is 2.47. The zero-order chi connectivity index (χ0) is 18.5. The van der Waals surface area contributed by atoms with Crippen LogP contribution in [0.4, 0.5) is 0 Å². The molecule has 0 nitrogen and oxygen atoms in total. The molecule has 0 amide bonds. The standard InChI is InChI=1S/C21H34.C2H6/c1-17(2)15-13-11-12-14-16(15)18(3,4)20(7,8)21(9,10)19(17,5)6;1-2/h11-14H,1-10H3;1-2H3. The molecule has 0 heteroatoms. The maximum atomic E-state index is 2.47. The number of hydrogen-bond acceptors (Lipinski definition) is 0. The van der Waals surface area contributed by atoms with E-state index in [-0.39, 0.29) is 27.1 Å². The first kappa shape index (κ1) is 20.3. The third kappa shape index (κ3) is 2.31. The summed E-state index contributed by atoms with van der Waals surface area (Å²) in [6.07, 6.45) is 0. The van der Waals surface area contributed by atoms with Crippen LogP contribution in [-0.2, 0) is 10.8 Å². The Morgan fingerprint density at radius 2 is 0.739 bits per heavy atom. The van der Waals surface area contributed by atoms with Gasteiger partial charge in [0.25, 0.3) is 0 Å². The summed E-state index contributed by atoms with van der Waals surface area (Å²) in [6, 6.07) is 9.13. The van der Waals surface area contributed by atoms with Crippen molar-refractivity contribution >= 4 is 0 Å². The Balaban J connectivity index is 0.00000127. The van der Waals surface area contributed by atoms with Crippen LogP contribution in [0.5, 0.6) is 0 Å². The zero-order valence-corrected chi connectivity index (χ0v) is 17.8. The van der Waals surface area contributed by atoms with Crippen LogP contribution in [0.1, 0.15) is 94.2 Å². The molecule has 1 aromatic rings. The molecule has 1 aliphatic rings. The Bertz CT molecular complexity index is 504. The lowest BCUT2D eigenvalue weighted by Gasteiger charge is -2.60. The molecule has 0 radical (unpaired) electrons. The van der Waals surface area contributed by atoms with Gasteiger partial charge < -0.3 is 0 Å². The molecule has 1 aromatic carbocycles. The van der Waals surface area contributed by atoms with Crippen molar-refractivity contribution < 1.29 is 0 Å². The van der Waals surface area contributed by atoms with E-state index in [1.165, 1.54) is 11.1 Å². The average molecular weight is 317 g/mol. The zero-order valence-electron chi connectivity index (χ0n) is 17.8. The minimum atomic E-state index is 0.137. The summed E-state index contributed by atoms with van der Waals surface area (Å²) >= 11 is 0. The fourth-order valence-electron chi connectivity index (χ4n) is 4.59. The summed E-state index contributed by atoms with van der Waals surface area (Å²) < 4.78 is 0. The highest BCUT2D eigenvalue weighted by Crippen LogP contribution is 2.68. The molecule has 0 atom stereocenters. The molecular formula is C23H40. The van der Waals surface area contributed by atoms with Gasteiger partial charge in [-0.05, 0) is 38.2 Å². The second-order valence-corrected chi connectivity index (χ2v) is 9.67. The van der Waals surface area contributed by atoms with Crippen LogP contribution in [0, 0.1) is 16.2 Å². The van der Waals surface area contributed by atoms with E-state index in [0.717, 1.165) is 0 Å². The maximum Gasteiger partial charge on any atom is -0.00442 e. The van der Waals surface area contributed by atoms with Gasteiger partial charge in [0.1, 0.15) is 0 Å². The number of hydrogen-bond donors (Lipinski definition) is 0. The van der Waals surface area contributed by atoms with Gasteiger partial charge in [-0.2, -0.15) is 0 Å². The van der Waals surface area contributed by atoms with Gasteiger partial charge in [-0.25, -0.2) is 0 Å². The van der Waals surface area contributed by atoms with Gasteiger partial charge in [0, 0.05) is 0 Å². The largest absolute Gasteiger partial charge is 0.0683 e. The predicted octanol–water partition coefficient (Wildman–Crippen LogP) is 7.36. The number of rotatable bonds is 0. The first-order valence-corrected chi connectivity index (χ1v) is 9.33. The van der Waals surface area contributed by atoms with Crippen molar-refractivity contribution in [2.75, 3.05) is 0 Å². The van der Waals surface area contributed by atoms with E-state index >= 15 is 0 Å². The van der Waals surface area contributed by atoms with Gasteiger partial charge >= 0.3 is 0 Å². The molecular weight excluding hydrogens is 276 g/mol. The SMILES string of the molecule is CC.CC1(C)c2ccccc2C(C)(C)C(C)(C)C(C)(C)C1(C)C. The molecule has 0 aromatic heterocycles. The van der Waals surface area contributed by atoms with E-state index in [2.05, 4.69) is 93.5 Å². The van der Waals surface area contributed by atoms with Crippen LogP contribution in [-0.4, -0.2) is 0 Å². The minimum absolute atomic E-state index is 0.137. The smallest absolute Gasteiger partial charge is 0.00442 e. The van der Waals surface area contributed by atoms with Crippen molar-refractivity contribution in [2.24, 2.45) is 16.2 Å². The molecule has 0 heterocycles. The Labute approximate surface area is 146 Å². The normalized spacial score (nSPS) is 25.4. The molecule has 0 bridgehead atoms. The molecule has 132 valence electrons. The molecule has 2 rings (SSSR count). The summed E-state index contributed by atoms with van der Waals surface area (Å²) in [5.41, 5.74) is 3.90. The molecule has 23 heavy (non-hydrogen) atoms. The molecule has 0 saturated heterocycles. The van der Waals surface area contributed by atoms with Crippen molar-refractivity contribution in [3.05, 3.63) is 35.4 Å². The van der Waals surface area contributed by atoms with Crippen molar-refractivity contribution in [3.8, 4) is 0 Å². The lowest BCUT2D eigenvalue weighted by molar-refractivity contribution is -0.0860. The Morgan fingerprint density at radius 3 is 1.00 bits per heavy atom. The molecule has 1 aliphatic carbocycles. The van der Waals surface area contributed by atoms with Crippen LogP contribution in [0.25, 0.3) is 0 Å². The van der Waals surface area contributed by atoms with Crippen molar-refractivity contribution in [1.82, 2.24) is 0 Å². The molecule has 0 fully saturated rings. The Kier molecular flexibility index (Phi) is 4.97. The highest BCUT2D eigenvalue weighted by molar-refractivity contribution is 5.44. The number of benzene rings is 1. The van der Waals surface area contributed by atoms with E-state index in [4.69, 9.17) is 0 Å². The molecule has 0 aliphatic heterocycles. The second kappa shape index (κ2) is 5.64. The second-order valence-electron chi connectivity index (χ2n) is 9.67. The molecule has 0 saturated carbocycles. The Morgan fingerprint density at radius 1 is 0.478 bits per heavy atom. The van der Waals surface area contributed by atoms with E-state index in [9.17, 15) is 0 Å². The van der Waals surface area contributed by atoms with Gasteiger partial charge in [-0.15, -0.1) is 0 Å². The quantitative estimate of drug-likeness (QED) is 0.438. The van der Waals surface area contributed by atoms with E-state index in [1.807, 2.05) is 13.8 Å². The van der Waals surface area contributed by atoms with Crippen LogP contribution in [0.15, 0.2) is 24.3 Å². The highest BCUT2D eigenvalue weighted by Gasteiger charge is 2.62. The fraction of sp³-hybridized carbons (Fsp3) is 0.739. The fourth-order valence-corrected chi connectivity index (χ4v) is 4.59. The van der Waals surface area contributed by atoms with Gasteiger partial charge in [-0.3, -0.25) is 0 Å². The third-order valence-electron chi connectivity index (χ3n) is 8.52. The van der Waals surface area contributed by atoms with Crippen molar-refractivity contribution in [3.63, 3.8) is 0 Å². The lowest BCUT2D eigenvalue weighted by Crippen LogP contribution is -2.55. The summed E-state index contributed by atoms with van der Waals surface area (Å²) in [4.78, 5) is 0. The topological polar surface area (TPSA) is 0 Å². The van der Waals surface area contributed by atoms with Gasteiger partial charge in [-0.1, -0.05) is 107 Å². The van der Waals surface area contributed by atoms with Crippen LogP contribution < -0.4 is 0 Å². The van der Waals surface area contributed by atoms with Gasteiger partial charge in [0.05, 0.1) is 0 Å². The molecule has 0 spiro atoms. The molecule has 0 unspecified atom stereocenters. The van der Waals surface area contributed by atoms with Crippen LogP contribution in [0.3, 0.4) is 0 Å². The van der Waals surface area contributed by atoms with E-state index in [0.29, 0.717) is 0 Å². The van der Waals surface area contributed by atoms with Gasteiger partial charge in [0.2, 0.25) is 0 Å². The van der Waals surface area contributed by atoms with Crippen molar-refractivity contribution in [1.29, 1.82) is 0 Å². The van der Waals surface area contributed by atoms with E-state index in [1.54, 1.807) is 0 Å². The average Bonchev–Trinajstić information content (AvgIpc) is 2.49. The summed E-state index contributed by atoms with van der Waals surface area (Å²) in [7, 11) is 0. The number of fused-ring (bicyclic) bond motifs is 1. The van der Waals surface area contributed by atoms with E-state index < -0.39 is 0 Å². The van der Waals surface area contributed by atoms with Crippen molar-refractivity contribution in [2.45, 2.75) is 93.9 Å².